The fourth-order valence-corrected chi connectivity index (χ4v) is 3.39. The molecule has 0 aliphatic heterocycles. The van der Waals surface area contributed by atoms with Gasteiger partial charge in [-0.15, -0.1) is 0 Å². The molecule has 3 aromatic heterocycles. The Morgan fingerprint density at radius 3 is 2.12 bits per heavy atom. The highest BCUT2D eigenvalue weighted by molar-refractivity contribution is 5.71. The van der Waals surface area contributed by atoms with E-state index in [9.17, 15) is 0 Å². The first-order valence-electron chi connectivity index (χ1n) is 8.66. The number of aromatic nitrogens is 3. The Morgan fingerprint density at radius 2 is 1.31 bits per heavy atom. The zero-order valence-corrected chi connectivity index (χ0v) is 14.2. The third-order valence-corrected chi connectivity index (χ3v) is 4.66. The van der Waals surface area contributed by atoms with Crippen molar-refractivity contribution in [3.05, 3.63) is 103 Å². The number of hydrogen-bond acceptors (Lipinski definition) is 1. The van der Waals surface area contributed by atoms with Crippen molar-refractivity contribution in [3.63, 3.8) is 0 Å². The average molecular weight is 335 g/mol. The van der Waals surface area contributed by atoms with E-state index in [1.165, 1.54) is 16.8 Å². The summed E-state index contributed by atoms with van der Waals surface area (Å²) in [5.41, 5.74) is 6.84. The lowest BCUT2D eigenvalue weighted by Crippen LogP contribution is -1.99. The maximum absolute atomic E-state index is 4.52. The Balaban J connectivity index is 1.67. The summed E-state index contributed by atoms with van der Waals surface area (Å²) in [7, 11) is 0. The minimum atomic E-state index is 1.06. The Kier molecular flexibility index (Phi) is 3.42. The van der Waals surface area contributed by atoms with Crippen LogP contribution < -0.4 is 0 Å². The maximum Gasteiger partial charge on any atom is 0.0755 e. The second-order valence-electron chi connectivity index (χ2n) is 6.26. The van der Waals surface area contributed by atoms with Gasteiger partial charge in [0.05, 0.1) is 23.3 Å². The van der Waals surface area contributed by atoms with Crippen LogP contribution in [0.2, 0.25) is 0 Å². The van der Waals surface area contributed by atoms with Crippen molar-refractivity contribution in [1.29, 1.82) is 0 Å². The highest BCUT2D eigenvalue weighted by Crippen LogP contribution is 2.27. The van der Waals surface area contributed by atoms with E-state index >= 15 is 0 Å². The summed E-state index contributed by atoms with van der Waals surface area (Å²) < 4.78 is 4.22. The molecule has 0 N–H and O–H groups in total. The summed E-state index contributed by atoms with van der Waals surface area (Å²) in [6.45, 7) is 0. The SMILES string of the molecule is c1ccc(-c2ccc3ccc(-c4ccnn4-c4ccccc4)cn23)cc1. The molecule has 0 radical (unpaired) electrons. The number of hydrogen-bond donors (Lipinski definition) is 0. The van der Waals surface area contributed by atoms with Gasteiger partial charge in [0.2, 0.25) is 0 Å². The zero-order chi connectivity index (χ0) is 17.3. The van der Waals surface area contributed by atoms with E-state index in [0.29, 0.717) is 0 Å². The van der Waals surface area contributed by atoms with E-state index in [4.69, 9.17) is 0 Å². The van der Waals surface area contributed by atoms with Gasteiger partial charge in [0.15, 0.2) is 0 Å². The third-order valence-electron chi connectivity index (χ3n) is 4.66. The molecule has 26 heavy (non-hydrogen) atoms. The van der Waals surface area contributed by atoms with Crippen molar-refractivity contribution in [1.82, 2.24) is 14.2 Å². The van der Waals surface area contributed by atoms with Crippen LogP contribution in [0.3, 0.4) is 0 Å². The summed E-state index contributed by atoms with van der Waals surface area (Å²) in [6, 6.07) is 31.4. The Labute approximate surface area is 151 Å². The lowest BCUT2D eigenvalue weighted by atomic mass is 10.1. The van der Waals surface area contributed by atoms with Crippen molar-refractivity contribution in [3.8, 4) is 28.2 Å². The first kappa shape index (κ1) is 14.7. The molecule has 3 heteroatoms. The van der Waals surface area contributed by atoms with E-state index < -0.39 is 0 Å². The molecule has 0 atom stereocenters. The first-order chi connectivity index (χ1) is 12.9. The summed E-state index contributed by atoms with van der Waals surface area (Å²) in [5.74, 6) is 0. The topological polar surface area (TPSA) is 22.2 Å². The summed E-state index contributed by atoms with van der Waals surface area (Å²) >= 11 is 0. The highest BCUT2D eigenvalue weighted by Gasteiger charge is 2.10. The molecule has 0 fully saturated rings. The maximum atomic E-state index is 4.52. The number of nitrogens with zero attached hydrogens (tertiary/aromatic N) is 3. The fraction of sp³-hybridized carbons (Fsp3) is 0. The summed E-state index contributed by atoms with van der Waals surface area (Å²) in [4.78, 5) is 0. The number of fused-ring (bicyclic) bond motifs is 1. The van der Waals surface area contributed by atoms with E-state index in [-0.39, 0.29) is 0 Å². The number of rotatable bonds is 3. The molecule has 2 aromatic carbocycles. The van der Waals surface area contributed by atoms with E-state index in [0.717, 1.165) is 16.9 Å². The van der Waals surface area contributed by atoms with Crippen LogP contribution in [0.5, 0.6) is 0 Å². The first-order valence-corrected chi connectivity index (χ1v) is 8.66. The predicted octanol–water partition coefficient (Wildman–Crippen LogP) is 5.46. The predicted molar refractivity (Wildman–Crippen MR) is 105 cm³/mol. The van der Waals surface area contributed by atoms with Gasteiger partial charge in [0.25, 0.3) is 0 Å². The van der Waals surface area contributed by atoms with Gasteiger partial charge in [-0.05, 0) is 48.0 Å². The second kappa shape index (κ2) is 6.05. The fourth-order valence-electron chi connectivity index (χ4n) is 3.39. The number of pyridine rings is 1. The lowest BCUT2D eigenvalue weighted by Gasteiger charge is -2.10. The Bertz CT molecular complexity index is 1170. The molecule has 0 saturated carbocycles. The summed E-state index contributed by atoms with van der Waals surface area (Å²) in [6.07, 6.45) is 4.04. The monoisotopic (exact) mass is 335 g/mol. The van der Waals surface area contributed by atoms with Crippen molar-refractivity contribution >= 4 is 5.52 Å². The normalized spacial score (nSPS) is 11.1. The Morgan fingerprint density at radius 1 is 0.577 bits per heavy atom. The molecular weight excluding hydrogens is 318 g/mol. The molecule has 0 unspecified atom stereocenters. The quantitative estimate of drug-likeness (QED) is 0.429. The van der Waals surface area contributed by atoms with Gasteiger partial charge in [-0.2, -0.15) is 5.10 Å². The number of benzene rings is 2. The molecule has 0 spiro atoms. The Hall–Kier alpha value is -3.59. The molecule has 0 saturated heterocycles. The zero-order valence-electron chi connectivity index (χ0n) is 14.2. The minimum Gasteiger partial charge on any atom is -0.316 e. The van der Waals surface area contributed by atoms with Gasteiger partial charge in [0, 0.05) is 17.3 Å². The van der Waals surface area contributed by atoms with E-state index in [2.05, 4.69) is 82.4 Å². The van der Waals surface area contributed by atoms with Crippen LogP contribution in [0.1, 0.15) is 0 Å². The van der Waals surface area contributed by atoms with Gasteiger partial charge >= 0.3 is 0 Å². The van der Waals surface area contributed by atoms with Crippen LogP contribution in [0.25, 0.3) is 33.7 Å². The van der Waals surface area contributed by atoms with Crippen molar-refractivity contribution < 1.29 is 0 Å². The molecule has 0 amide bonds. The van der Waals surface area contributed by atoms with Crippen molar-refractivity contribution in [2.45, 2.75) is 0 Å². The van der Waals surface area contributed by atoms with E-state index in [1.807, 2.05) is 35.1 Å². The standard InChI is InChI=1S/C23H17N3/c1-3-7-18(8-4-1)22-14-13-20-12-11-19(17-25(20)22)23-15-16-24-26(23)21-9-5-2-6-10-21/h1-17H. The molecule has 0 aliphatic rings. The van der Waals surface area contributed by atoms with Crippen LogP contribution in [0, 0.1) is 0 Å². The smallest absolute Gasteiger partial charge is 0.0755 e. The van der Waals surface area contributed by atoms with Gasteiger partial charge in [-0.1, -0.05) is 48.5 Å². The summed E-state index contributed by atoms with van der Waals surface area (Å²) in [5, 5.41) is 4.52. The van der Waals surface area contributed by atoms with Crippen molar-refractivity contribution in [2.75, 3.05) is 0 Å². The van der Waals surface area contributed by atoms with Crippen LogP contribution in [0.15, 0.2) is 103 Å². The molecule has 0 bridgehead atoms. The molecule has 3 nitrogen and oxygen atoms in total. The molecule has 0 aliphatic carbocycles. The third kappa shape index (κ3) is 2.42. The van der Waals surface area contributed by atoms with Crippen LogP contribution in [-0.4, -0.2) is 14.2 Å². The van der Waals surface area contributed by atoms with Gasteiger partial charge in [-0.25, -0.2) is 4.68 Å². The van der Waals surface area contributed by atoms with Crippen LogP contribution in [-0.2, 0) is 0 Å². The molecular formula is C23H17N3. The molecule has 124 valence electrons. The van der Waals surface area contributed by atoms with Crippen molar-refractivity contribution in [2.24, 2.45) is 0 Å². The van der Waals surface area contributed by atoms with Crippen LogP contribution >= 0.6 is 0 Å². The van der Waals surface area contributed by atoms with Gasteiger partial charge in [0.1, 0.15) is 0 Å². The highest BCUT2D eigenvalue weighted by atomic mass is 15.3. The minimum absolute atomic E-state index is 1.06. The second-order valence-corrected chi connectivity index (χ2v) is 6.26. The van der Waals surface area contributed by atoms with Gasteiger partial charge in [-0.3, -0.25) is 0 Å². The van der Waals surface area contributed by atoms with Crippen LogP contribution in [0.4, 0.5) is 0 Å². The van der Waals surface area contributed by atoms with Gasteiger partial charge < -0.3 is 4.40 Å². The molecule has 3 heterocycles. The van der Waals surface area contributed by atoms with E-state index in [1.54, 1.807) is 0 Å². The molecule has 5 rings (SSSR count). The lowest BCUT2D eigenvalue weighted by molar-refractivity contribution is 0.887. The average Bonchev–Trinajstić information content (AvgIpc) is 3.36. The molecule has 5 aromatic rings. The largest absolute Gasteiger partial charge is 0.316 e. The number of para-hydroxylation sites is 1.